The molecule has 0 spiro atoms. The Hall–Kier alpha value is -1.88. The van der Waals surface area contributed by atoms with Gasteiger partial charge < -0.3 is 10.4 Å². The summed E-state index contributed by atoms with van der Waals surface area (Å²) in [4.78, 5) is 13.2. The average molecular weight is 265 g/mol. The Labute approximate surface area is 108 Å². The smallest absolute Gasteiger partial charge is 0.337 e. The highest BCUT2D eigenvalue weighted by atomic mass is 32.1. The molecular weight excluding hydrogens is 253 g/mol. The molecule has 3 nitrogen and oxygen atoms in total. The van der Waals surface area contributed by atoms with Gasteiger partial charge in [-0.15, -0.1) is 11.3 Å². The molecule has 2 aromatic rings. The van der Waals surface area contributed by atoms with E-state index in [4.69, 9.17) is 5.11 Å². The second-order valence-corrected chi connectivity index (χ2v) is 5.21. The lowest BCUT2D eigenvalue weighted by molar-refractivity contribution is 0.0697. The zero-order valence-electron chi connectivity index (χ0n) is 9.74. The van der Waals surface area contributed by atoms with Gasteiger partial charge in [0.1, 0.15) is 5.82 Å². The second-order valence-electron chi connectivity index (χ2n) is 3.83. The minimum Gasteiger partial charge on any atom is -0.478 e. The first-order valence-electron chi connectivity index (χ1n) is 5.39. The maximum absolute atomic E-state index is 13.6. The molecule has 1 aromatic carbocycles. The molecule has 0 saturated carbocycles. The van der Waals surface area contributed by atoms with Crippen LogP contribution in [0.1, 0.15) is 20.1 Å². The van der Waals surface area contributed by atoms with Gasteiger partial charge in [0.05, 0.1) is 11.3 Å². The summed E-state index contributed by atoms with van der Waals surface area (Å²) >= 11 is 1.59. The van der Waals surface area contributed by atoms with Gasteiger partial charge in [-0.1, -0.05) is 6.07 Å². The van der Waals surface area contributed by atoms with Gasteiger partial charge in [-0.3, -0.25) is 0 Å². The van der Waals surface area contributed by atoms with Crippen molar-refractivity contribution in [1.29, 1.82) is 0 Å². The molecule has 18 heavy (non-hydrogen) atoms. The fourth-order valence-electron chi connectivity index (χ4n) is 1.64. The summed E-state index contributed by atoms with van der Waals surface area (Å²) in [6, 6.07) is 7.93. The molecule has 0 bridgehead atoms. The van der Waals surface area contributed by atoms with E-state index in [2.05, 4.69) is 5.32 Å². The van der Waals surface area contributed by atoms with Crippen molar-refractivity contribution in [2.75, 3.05) is 5.32 Å². The molecule has 0 fully saturated rings. The van der Waals surface area contributed by atoms with Crippen molar-refractivity contribution in [1.82, 2.24) is 0 Å². The first-order chi connectivity index (χ1) is 8.58. The summed E-state index contributed by atoms with van der Waals surface area (Å²) in [6.45, 7) is 2.40. The van der Waals surface area contributed by atoms with Crippen LogP contribution in [0.25, 0.3) is 0 Å². The Balaban J connectivity index is 2.20. The number of anilines is 1. The van der Waals surface area contributed by atoms with Crippen LogP contribution in [0, 0.1) is 12.7 Å². The van der Waals surface area contributed by atoms with Crippen molar-refractivity contribution >= 4 is 23.0 Å². The number of rotatable bonds is 4. The minimum absolute atomic E-state index is 0.0380. The summed E-state index contributed by atoms with van der Waals surface area (Å²) in [6.07, 6.45) is 0. The van der Waals surface area contributed by atoms with E-state index < -0.39 is 11.8 Å². The fourth-order valence-corrected chi connectivity index (χ4v) is 2.47. The van der Waals surface area contributed by atoms with Crippen LogP contribution in [0.15, 0.2) is 30.3 Å². The van der Waals surface area contributed by atoms with E-state index >= 15 is 0 Å². The minimum atomic E-state index is -1.14. The maximum atomic E-state index is 13.6. The van der Waals surface area contributed by atoms with Crippen molar-refractivity contribution in [3.63, 3.8) is 0 Å². The number of para-hydroxylation sites is 1. The number of halogens is 1. The molecule has 0 unspecified atom stereocenters. The predicted octanol–water partition coefficient (Wildman–Crippen LogP) is 3.51. The second kappa shape index (κ2) is 5.18. The van der Waals surface area contributed by atoms with E-state index in [1.807, 2.05) is 19.1 Å². The van der Waals surface area contributed by atoms with Gasteiger partial charge in [-0.2, -0.15) is 0 Å². The van der Waals surface area contributed by atoms with Crippen LogP contribution in [0.4, 0.5) is 10.1 Å². The highest BCUT2D eigenvalue weighted by Crippen LogP contribution is 2.22. The number of carboxylic acids is 1. The zero-order valence-corrected chi connectivity index (χ0v) is 10.6. The third kappa shape index (κ3) is 2.68. The van der Waals surface area contributed by atoms with E-state index in [0.717, 1.165) is 4.88 Å². The van der Waals surface area contributed by atoms with E-state index in [9.17, 15) is 9.18 Å². The molecule has 0 aliphatic carbocycles. The van der Waals surface area contributed by atoms with Gasteiger partial charge in [-0.05, 0) is 31.2 Å². The average Bonchev–Trinajstić information content (AvgIpc) is 2.73. The lowest BCUT2D eigenvalue weighted by atomic mass is 10.1. The Bertz CT molecular complexity index is 580. The summed E-state index contributed by atoms with van der Waals surface area (Å²) < 4.78 is 13.6. The van der Waals surface area contributed by atoms with Crippen molar-refractivity contribution in [2.24, 2.45) is 0 Å². The van der Waals surface area contributed by atoms with Crippen LogP contribution >= 0.6 is 11.3 Å². The van der Waals surface area contributed by atoms with Crippen LogP contribution < -0.4 is 5.32 Å². The molecule has 0 radical (unpaired) electrons. The fraction of sp³-hybridized carbons (Fsp3) is 0.154. The number of benzene rings is 1. The molecule has 0 saturated heterocycles. The van der Waals surface area contributed by atoms with E-state index in [-0.39, 0.29) is 11.3 Å². The number of aromatic carboxylic acids is 1. The van der Waals surface area contributed by atoms with E-state index in [1.165, 1.54) is 23.1 Å². The topological polar surface area (TPSA) is 49.3 Å². The number of carbonyl (C=O) groups is 1. The largest absolute Gasteiger partial charge is 0.478 e. The summed E-state index contributed by atoms with van der Waals surface area (Å²) in [5, 5.41) is 11.8. The number of nitrogens with one attached hydrogen (secondary N) is 1. The van der Waals surface area contributed by atoms with Gasteiger partial charge in [0.25, 0.3) is 0 Å². The summed E-state index contributed by atoms with van der Waals surface area (Å²) in [5.41, 5.74) is -0.0145. The highest BCUT2D eigenvalue weighted by Gasteiger charge is 2.13. The molecule has 1 heterocycles. The maximum Gasteiger partial charge on any atom is 0.337 e. The van der Waals surface area contributed by atoms with Crippen LogP contribution in [0.5, 0.6) is 0 Å². The first-order valence-corrected chi connectivity index (χ1v) is 6.20. The molecule has 1 aromatic heterocycles. The van der Waals surface area contributed by atoms with Gasteiger partial charge in [-0.25, -0.2) is 9.18 Å². The third-order valence-corrected chi connectivity index (χ3v) is 3.48. The Kier molecular flexibility index (Phi) is 3.62. The molecule has 0 aliphatic rings. The number of aryl methyl sites for hydroxylation is 1. The quantitative estimate of drug-likeness (QED) is 0.889. The standard InChI is InChI=1S/C13H12FNO2S/c1-8-5-6-9(18-8)7-15-12-10(13(16)17)3-2-4-11(12)14/h2-6,15H,7H2,1H3,(H,16,17). The molecule has 2 rings (SSSR count). The van der Waals surface area contributed by atoms with Gasteiger partial charge in [0.15, 0.2) is 0 Å². The molecule has 2 N–H and O–H groups in total. The van der Waals surface area contributed by atoms with Gasteiger partial charge >= 0.3 is 5.97 Å². The zero-order chi connectivity index (χ0) is 13.1. The highest BCUT2D eigenvalue weighted by molar-refractivity contribution is 7.11. The predicted molar refractivity (Wildman–Crippen MR) is 69.7 cm³/mol. The lowest BCUT2D eigenvalue weighted by Crippen LogP contribution is -2.07. The van der Waals surface area contributed by atoms with Crippen molar-refractivity contribution in [2.45, 2.75) is 13.5 Å². The van der Waals surface area contributed by atoms with Gasteiger partial charge in [0, 0.05) is 16.3 Å². The molecular formula is C13H12FNO2S. The molecule has 5 heteroatoms. The Morgan fingerprint density at radius 3 is 2.78 bits per heavy atom. The Morgan fingerprint density at radius 1 is 1.39 bits per heavy atom. The van der Waals surface area contributed by atoms with E-state index in [1.54, 1.807) is 11.3 Å². The first kappa shape index (κ1) is 12.6. The van der Waals surface area contributed by atoms with Crippen LogP contribution in [-0.2, 0) is 6.54 Å². The van der Waals surface area contributed by atoms with Crippen LogP contribution in [0.2, 0.25) is 0 Å². The van der Waals surface area contributed by atoms with Crippen molar-refractivity contribution in [3.8, 4) is 0 Å². The van der Waals surface area contributed by atoms with E-state index in [0.29, 0.717) is 6.54 Å². The van der Waals surface area contributed by atoms with Crippen LogP contribution in [-0.4, -0.2) is 11.1 Å². The normalized spacial score (nSPS) is 10.3. The van der Waals surface area contributed by atoms with Crippen molar-refractivity contribution in [3.05, 3.63) is 51.5 Å². The number of carboxylic acid groups (broad SMARTS) is 1. The lowest BCUT2D eigenvalue weighted by Gasteiger charge is -2.09. The number of thiophene rings is 1. The molecule has 0 atom stereocenters. The molecule has 0 amide bonds. The third-order valence-electron chi connectivity index (χ3n) is 2.48. The monoisotopic (exact) mass is 265 g/mol. The Morgan fingerprint density at radius 2 is 2.17 bits per heavy atom. The molecule has 0 aliphatic heterocycles. The van der Waals surface area contributed by atoms with Crippen molar-refractivity contribution < 1.29 is 14.3 Å². The van der Waals surface area contributed by atoms with Gasteiger partial charge in [0.2, 0.25) is 0 Å². The number of hydrogen-bond acceptors (Lipinski definition) is 3. The number of hydrogen-bond donors (Lipinski definition) is 2. The summed E-state index contributed by atoms with van der Waals surface area (Å²) in [7, 11) is 0. The van der Waals surface area contributed by atoms with Crippen LogP contribution in [0.3, 0.4) is 0 Å². The summed E-state index contributed by atoms with van der Waals surface area (Å²) in [5.74, 6) is -1.69. The SMILES string of the molecule is Cc1ccc(CNc2c(F)cccc2C(=O)O)s1. The molecule has 94 valence electrons.